The number of hydrogen-bond acceptors (Lipinski definition) is 4. The fourth-order valence-corrected chi connectivity index (χ4v) is 11.0. The SMILES string of the molecule is CC1(C)c2cc3ccccc3cc2-c2c(-c3cc(-c4ccc(-c5ccccc5-c5ccc6oc7cc8c(cc7c6c5)oc5ccccc58)c5ccccc45)nc(-c4ccccc4)n3)cccc21. The lowest BCUT2D eigenvalue weighted by atomic mass is 9.81. The quantitative estimate of drug-likeness (QED) is 0.173. The lowest BCUT2D eigenvalue weighted by molar-refractivity contribution is 0.661. The third-order valence-corrected chi connectivity index (χ3v) is 14.3. The molecule has 0 fully saturated rings. The van der Waals surface area contributed by atoms with E-state index in [0.717, 1.165) is 105 Å². The summed E-state index contributed by atoms with van der Waals surface area (Å²) in [7, 11) is 0. The average Bonchev–Trinajstić information content (AvgIpc) is 4.00. The minimum Gasteiger partial charge on any atom is -0.456 e. The van der Waals surface area contributed by atoms with Crippen molar-refractivity contribution in [2.45, 2.75) is 19.3 Å². The predicted molar refractivity (Wildman–Crippen MR) is 276 cm³/mol. The van der Waals surface area contributed by atoms with E-state index in [4.69, 9.17) is 18.8 Å². The Morgan fingerprint density at radius 2 is 0.910 bits per heavy atom. The molecule has 0 unspecified atom stereocenters. The number of benzene rings is 10. The van der Waals surface area contributed by atoms with Gasteiger partial charge >= 0.3 is 0 Å². The first-order chi connectivity index (χ1) is 32.9. The van der Waals surface area contributed by atoms with Crippen LogP contribution in [0.3, 0.4) is 0 Å². The van der Waals surface area contributed by atoms with Crippen LogP contribution < -0.4 is 0 Å². The Kier molecular flexibility index (Phi) is 8.00. The van der Waals surface area contributed by atoms with Gasteiger partial charge in [-0.2, -0.15) is 0 Å². The van der Waals surface area contributed by atoms with E-state index in [2.05, 4.69) is 196 Å². The van der Waals surface area contributed by atoms with Gasteiger partial charge in [-0.3, -0.25) is 0 Å². The van der Waals surface area contributed by atoms with Crippen LogP contribution in [0, 0.1) is 0 Å². The van der Waals surface area contributed by atoms with Gasteiger partial charge in [0.15, 0.2) is 5.82 Å². The van der Waals surface area contributed by atoms with Crippen molar-refractivity contribution in [1.29, 1.82) is 0 Å². The zero-order valence-corrected chi connectivity index (χ0v) is 36.8. The number of rotatable bonds is 5. The Balaban J connectivity index is 0.929. The normalized spacial score (nSPS) is 13.0. The smallest absolute Gasteiger partial charge is 0.160 e. The molecule has 13 aromatic rings. The number of para-hydroxylation sites is 1. The summed E-state index contributed by atoms with van der Waals surface area (Å²) in [6, 6.07) is 73.7. The second-order valence-electron chi connectivity index (χ2n) is 18.4. The monoisotopic (exact) mass is 856 g/mol. The van der Waals surface area contributed by atoms with Crippen LogP contribution in [-0.2, 0) is 5.41 Å². The topological polar surface area (TPSA) is 52.1 Å². The second-order valence-corrected chi connectivity index (χ2v) is 18.4. The van der Waals surface area contributed by atoms with E-state index in [0.29, 0.717) is 5.82 Å². The maximum atomic E-state index is 6.48. The minimum absolute atomic E-state index is 0.175. The van der Waals surface area contributed by atoms with Crippen LogP contribution in [0.25, 0.3) is 133 Å². The molecule has 0 spiro atoms. The third-order valence-electron chi connectivity index (χ3n) is 14.3. The summed E-state index contributed by atoms with van der Waals surface area (Å²) in [5.41, 5.74) is 17.9. The van der Waals surface area contributed by atoms with Crippen molar-refractivity contribution < 1.29 is 8.83 Å². The van der Waals surface area contributed by atoms with Crippen molar-refractivity contribution in [3.63, 3.8) is 0 Å². The molecular formula is C63H40N2O2. The first kappa shape index (κ1) is 37.7. The molecule has 0 aliphatic heterocycles. The maximum absolute atomic E-state index is 6.48. The lowest BCUT2D eigenvalue weighted by Gasteiger charge is -2.22. The summed E-state index contributed by atoms with van der Waals surface area (Å²) in [5, 5.41) is 9.02. The number of nitrogens with zero attached hydrogens (tertiary/aromatic N) is 2. The Bertz CT molecular complexity index is 4190. The molecule has 0 bridgehead atoms. The van der Waals surface area contributed by atoms with Crippen LogP contribution in [0.5, 0.6) is 0 Å². The summed E-state index contributed by atoms with van der Waals surface area (Å²) in [5.74, 6) is 0.698. The molecular weight excluding hydrogens is 817 g/mol. The molecule has 3 heterocycles. The molecule has 0 N–H and O–H groups in total. The lowest BCUT2D eigenvalue weighted by Crippen LogP contribution is -2.14. The van der Waals surface area contributed by atoms with Crippen LogP contribution in [0.1, 0.15) is 25.0 Å². The van der Waals surface area contributed by atoms with Gasteiger partial charge in [0.25, 0.3) is 0 Å². The highest BCUT2D eigenvalue weighted by Crippen LogP contribution is 2.53. The highest BCUT2D eigenvalue weighted by molar-refractivity contribution is 6.16. The molecule has 1 aliphatic rings. The van der Waals surface area contributed by atoms with Crippen molar-refractivity contribution in [3.8, 4) is 67.3 Å². The minimum atomic E-state index is -0.175. The van der Waals surface area contributed by atoms with E-state index in [1.165, 1.54) is 33.0 Å². The Hall–Kier alpha value is -8.60. The fourth-order valence-electron chi connectivity index (χ4n) is 11.0. The van der Waals surface area contributed by atoms with Crippen molar-refractivity contribution >= 4 is 65.4 Å². The van der Waals surface area contributed by atoms with E-state index in [-0.39, 0.29) is 5.41 Å². The maximum Gasteiger partial charge on any atom is 0.160 e. The van der Waals surface area contributed by atoms with Crippen LogP contribution in [-0.4, -0.2) is 9.97 Å². The largest absolute Gasteiger partial charge is 0.456 e. The first-order valence-electron chi connectivity index (χ1n) is 23.0. The Morgan fingerprint density at radius 3 is 1.70 bits per heavy atom. The van der Waals surface area contributed by atoms with Gasteiger partial charge in [0.05, 0.1) is 11.4 Å². The molecule has 0 amide bonds. The second kappa shape index (κ2) is 14.2. The van der Waals surface area contributed by atoms with E-state index < -0.39 is 0 Å². The highest BCUT2D eigenvalue weighted by atomic mass is 16.3. The Labute approximate surface area is 386 Å². The van der Waals surface area contributed by atoms with Crippen LogP contribution >= 0.6 is 0 Å². The number of aromatic nitrogens is 2. The highest BCUT2D eigenvalue weighted by Gasteiger charge is 2.37. The summed E-state index contributed by atoms with van der Waals surface area (Å²) < 4.78 is 12.8. The zero-order chi connectivity index (χ0) is 44.4. The fraction of sp³-hybridized carbons (Fsp3) is 0.0476. The number of fused-ring (bicyclic) bond motifs is 11. The predicted octanol–water partition coefficient (Wildman–Crippen LogP) is 17.2. The van der Waals surface area contributed by atoms with Crippen molar-refractivity contribution in [1.82, 2.24) is 9.97 Å². The van der Waals surface area contributed by atoms with Gasteiger partial charge in [0.1, 0.15) is 22.3 Å². The van der Waals surface area contributed by atoms with E-state index in [1.807, 2.05) is 24.3 Å². The molecule has 0 saturated carbocycles. The van der Waals surface area contributed by atoms with Gasteiger partial charge in [-0.05, 0) is 115 Å². The first-order valence-corrected chi connectivity index (χ1v) is 23.0. The van der Waals surface area contributed by atoms with Crippen molar-refractivity contribution in [2.75, 3.05) is 0 Å². The average molecular weight is 857 g/mol. The summed E-state index contributed by atoms with van der Waals surface area (Å²) in [6.07, 6.45) is 0. The molecule has 14 rings (SSSR count). The van der Waals surface area contributed by atoms with Gasteiger partial charge in [-0.1, -0.05) is 172 Å². The van der Waals surface area contributed by atoms with Gasteiger partial charge in [-0.15, -0.1) is 0 Å². The zero-order valence-electron chi connectivity index (χ0n) is 36.8. The molecule has 67 heavy (non-hydrogen) atoms. The van der Waals surface area contributed by atoms with Gasteiger partial charge in [0.2, 0.25) is 0 Å². The van der Waals surface area contributed by atoms with Crippen LogP contribution in [0.4, 0.5) is 0 Å². The summed E-state index contributed by atoms with van der Waals surface area (Å²) in [4.78, 5) is 10.8. The molecule has 4 nitrogen and oxygen atoms in total. The van der Waals surface area contributed by atoms with Crippen molar-refractivity contribution in [2.24, 2.45) is 0 Å². The van der Waals surface area contributed by atoms with E-state index >= 15 is 0 Å². The van der Waals surface area contributed by atoms with E-state index in [1.54, 1.807) is 0 Å². The number of hydrogen-bond donors (Lipinski definition) is 0. The number of furan rings is 2. The van der Waals surface area contributed by atoms with Gasteiger partial charge in [-0.25, -0.2) is 9.97 Å². The summed E-state index contributed by atoms with van der Waals surface area (Å²) in [6.45, 7) is 4.69. The summed E-state index contributed by atoms with van der Waals surface area (Å²) >= 11 is 0. The van der Waals surface area contributed by atoms with Gasteiger partial charge in [0, 0.05) is 43.7 Å². The Morgan fingerprint density at radius 1 is 0.328 bits per heavy atom. The molecule has 3 aromatic heterocycles. The van der Waals surface area contributed by atoms with E-state index in [9.17, 15) is 0 Å². The van der Waals surface area contributed by atoms with Crippen molar-refractivity contribution in [3.05, 3.63) is 217 Å². The molecule has 314 valence electrons. The standard InChI is InChI=1S/C63H40N2O2/c1-63(2)53-25-14-24-48(61(53)52-31-38-17-6-7-18-39(38)33-54(52)63)56-36-55(64-62(65-56)37-15-4-3-5-16-37)46-29-28-45(43-21-10-11-22-44(43)46)42-20-9-8-19-41(42)40-27-30-58-49(32-40)51-35-59-50(34-60(51)67-58)47-23-12-13-26-57(47)66-59/h3-36H,1-2H3. The van der Waals surface area contributed by atoms with Crippen LogP contribution in [0.15, 0.2) is 215 Å². The molecule has 0 radical (unpaired) electrons. The molecule has 4 heteroatoms. The third kappa shape index (κ3) is 5.73. The molecule has 10 aromatic carbocycles. The van der Waals surface area contributed by atoms with Gasteiger partial charge < -0.3 is 8.83 Å². The molecule has 1 aliphatic carbocycles. The van der Waals surface area contributed by atoms with Crippen LogP contribution in [0.2, 0.25) is 0 Å². The molecule has 0 atom stereocenters. The molecule has 0 saturated heterocycles.